The van der Waals surface area contributed by atoms with E-state index in [1.165, 1.54) is 51.5 Å². The van der Waals surface area contributed by atoms with Crippen molar-refractivity contribution in [2.45, 2.75) is 17.9 Å². The highest BCUT2D eigenvalue weighted by atomic mass is 32.2. The number of hydrogen-bond donors (Lipinski definition) is 1. The van der Waals surface area contributed by atoms with Gasteiger partial charge in [0.1, 0.15) is 10.6 Å². The summed E-state index contributed by atoms with van der Waals surface area (Å²) in [6.45, 7) is 0.424. The van der Waals surface area contributed by atoms with E-state index in [2.05, 4.69) is 4.72 Å². The molecule has 9 nitrogen and oxygen atoms in total. The van der Waals surface area contributed by atoms with Crippen molar-refractivity contribution in [3.8, 4) is 23.0 Å². The van der Waals surface area contributed by atoms with E-state index in [1.807, 2.05) is 30.3 Å². The zero-order valence-electron chi connectivity index (χ0n) is 21.6. The topological polar surface area (TPSA) is 103 Å². The third kappa shape index (κ3) is 6.72. The molecule has 0 atom stereocenters. The lowest BCUT2D eigenvalue weighted by atomic mass is 10.1. The number of hydrogen-bond acceptors (Lipinski definition) is 7. The van der Waals surface area contributed by atoms with Crippen LogP contribution in [0.25, 0.3) is 0 Å². The number of sulfonamides is 1. The SMILES string of the molecule is COc1ccc(C(=O)N(C)Cc2cc(OC)c(OC)c(OC)c2)cc1S(=O)(=O)NCCc1ccccc1. The second-order valence-corrected chi connectivity index (χ2v) is 9.93. The fourth-order valence-electron chi connectivity index (χ4n) is 3.86. The van der Waals surface area contributed by atoms with Gasteiger partial charge in [-0.15, -0.1) is 0 Å². The van der Waals surface area contributed by atoms with Gasteiger partial charge >= 0.3 is 0 Å². The molecular formula is C27H32N2O7S. The van der Waals surface area contributed by atoms with Crippen LogP contribution in [0.3, 0.4) is 0 Å². The number of ether oxygens (including phenoxy) is 4. The number of carbonyl (C=O) groups is 1. The average molecular weight is 529 g/mol. The van der Waals surface area contributed by atoms with E-state index in [0.29, 0.717) is 23.7 Å². The maximum atomic E-state index is 13.2. The van der Waals surface area contributed by atoms with Crippen molar-refractivity contribution in [1.82, 2.24) is 9.62 Å². The summed E-state index contributed by atoms with van der Waals surface area (Å²) < 4.78 is 50.2. The van der Waals surface area contributed by atoms with Crippen LogP contribution in [0.15, 0.2) is 65.6 Å². The van der Waals surface area contributed by atoms with Crippen LogP contribution in [-0.2, 0) is 23.0 Å². The molecule has 0 aliphatic rings. The molecule has 3 aromatic rings. The van der Waals surface area contributed by atoms with E-state index in [1.54, 1.807) is 19.2 Å². The summed E-state index contributed by atoms with van der Waals surface area (Å²) in [5.41, 5.74) is 1.96. The summed E-state index contributed by atoms with van der Waals surface area (Å²) in [7, 11) is 3.63. The zero-order valence-corrected chi connectivity index (χ0v) is 22.4. The van der Waals surface area contributed by atoms with Crippen molar-refractivity contribution in [3.05, 3.63) is 77.4 Å². The lowest BCUT2D eigenvalue weighted by Crippen LogP contribution is -2.28. The molecule has 198 valence electrons. The van der Waals surface area contributed by atoms with Crippen LogP contribution < -0.4 is 23.7 Å². The molecule has 0 radical (unpaired) electrons. The molecule has 0 aromatic heterocycles. The highest BCUT2D eigenvalue weighted by Crippen LogP contribution is 2.38. The Kier molecular flexibility index (Phi) is 9.37. The minimum absolute atomic E-state index is 0.102. The van der Waals surface area contributed by atoms with E-state index in [0.717, 1.165) is 11.1 Å². The number of methoxy groups -OCH3 is 4. The Morgan fingerprint density at radius 1 is 0.811 bits per heavy atom. The van der Waals surface area contributed by atoms with E-state index in [4.69, 9.17) is 18.9 Å². The minimum Gasteiger partial charge on any atom is -0.495 e. The van der Waals surface area contributed by atoms with Gasteiger partial charge in [0.2, 0.25) is 15.8 Å². The van der Waals surface area contributed by atoms with Crippen LogP contribution in [-0.4, -0.2) is 61.3 Å². The summed E-state index contributed by atoms with van der Waals surface area (Å²) in [5.74, 6) is 1.18. The van der Waals surface area contributed by atoms with Gasteiger partial charge in [0, 0.05) is 25.7 Å². The number of nitrogens with zero attached hydrogens (tertiary/aromatic N) is 1. The Bertz CT molecular complexity index is 1300. The van der Waals surface area contributed by atoms with E-state index >= 15 is 0 Å². The number of nitrogens with one attached hydrogen (secondary N) is 1. The van der Waals surface area contributed by atoms with Gasteiger partial charge in [-0.25, -0.2) is 13.1 Å². The van der Waals surface area contributed by atoms with E-state index in [-0.39, 0.29) is 35.2 Å². The van der Waals surface area contributed by atoms with Gasteiger partial charge in [0.05, 0.1) is 28.4 Å². The lowest BCUT2D eigenvalue weighted by Gasteiger charge is -2.20. The summed E-state index contributed by atoms with van der Waals surface area (Å²) in [5, 5.41) is 0. The predicted octanol–water partition coefficient (Wildman–Crippen LogP) is 3.51. The summed E-state index contributed by atoms with van der Waals surface area (Å²) in [6, 6.07) is 17.4. The van der Waals surface area contributed by atoms with Crippen LogP contribution in [0.2, 0.25) is 0 Å². The molecule has 0 unspecified atom stereocenters. The second-order valence-electron chi connectivity index (χ2n) is 8.19. The number of benzene rings is 3. The maximum Gasteiger partial charge on any atom is 0.253 e. The van der Waals surface area contributed by atoms with Gasteiger partial charge in [0.15, 0.2) is 11.5 Å². The molecule has 0 saturated heterocycles. The molecule has 0 heterocycles. The van der Waals surface area contributed by atoms with E-state index in [9.17, 15) is 13.2 Å². The third-order valence-electron chi connectivity index (χ3n) is 5.74. The number of amides is 1. The molecule has 37 heavy (non-hydrogen) atoms. The highest BCUT2D eigenvalue weighted by molar-refractivity contribution is 7.89. The standard InChI is InChI=1S/C27H32N2O7S/c1-29(18-20-15-23(34-3)26(36-5)24(16-20)35-4)27(30)21-11-12-22(33-2)25(17-21)37(31,32)28-14-13-19-9-7-6-8-10-19/h6-12,15-17,28H,13-14,18H2,1-5H3. The van der Waals surface area contributed by atoms with Crippen molar-refractivity contribution >= 4 is 15.9 Å². The van der Waals surface area contributed by atoms with Gasteiger partial charge in [-0.2, -0.15) is 0 Å². The maximum absolute atomic E-state index is 13.2. The normalized spacial score (nSPS) is 11.1. The summed E-state index contributed by atoms with van der Waals surface area (Å²) >= 11 is 0. The van der Waals surface area contributed by atoms with Crippen LogP contribution in [0, 0.1) is 0 Å². The fourth-order valence-corrected chi connectivity index (χ4v) is 5.09. The van der Waals surface area contributed by atoms with Crippen molar-refractivity contribution < 1.29 is 32.2 Å². The quantitative estimate of drug-likeness (QED) is 0.384. The Hall–Kier alpha value is -3.76. The number of carbonyl (C=O) groups excluding carboxylic acids is 1. The molecule has 0 bridgehead atoms. The van der Waals surface area contributed by atoms with Gasteiger partial charge in [-0.05, 0) is 47.9 Å². The monoisotopic (exact) mass is 528 g/mol. The van der Waals surface area contributed by atoms with Gasteiger partial charge in [-0.3, -0.25) is 4.79 Å². The molecule has 0 aliphatic carbocycles. The summed E-state index contributed by atoms with van der Waals surface area (Å²) in [4.78, 5) is 14.6. The summed E-state index contributed by atoms with van der Waals surface area (Å²) in [6.07, 6.45) is 0.526. The molecule has 10 heteroatoms. The first kappa shape index (κ1) is 27.8. The number of rotatable bonds is 12. The van der Waals surface area contributed by atoms with Gasteiger partial charge < -0.3 is 23.8 Å². The first-order valence-corrected chi connectivity index (χ1v) is 13.0. The molecule has 1 N–H and O–H groups in total. The lowest BCUT2D eigenvalue weighted by molar-refractivity contribution is 0.0784. The van der Waals surface area contributed by atoms with Crippen molar-refractivity contribution in [1.29, 1.82) is 0 Å². The Morgan fingerprint density at radius 3 is 2.00 bits per heavy atom. The Balaban J connectivity index is 1.80. The largest absolute Gasteiger partial charge is 0.495 e. The first-order valence-electron chi connectivity index (χ1n) is 11.5. The van der Waals surface area contributed by atoms with E-state index < -0.39 is 10.0 Å². The van der Waals surface area contributed by atoms with Gasteiger partial charge in [-0.1, -0.05) is 30.3 Å². The zero-order chi connectivity index (χ0) is 27.0. The molecule has 3 rings (SSSR count). The molecule has 0 aliphatic heterocycles. The predicted molar refractivity (Wildman–Crippen MR) is 140 cm³/mol. The third-order valence-corrected chi connectivity index (χ3v) is 7.22. The first-order chi connectivity index (χ1) is 17.7. The van der Waals surface area contributed by atoms with Crippen LogP contribution in [0.5, 0.6) is 23.0 Å². The van der Waals surface area contributed by atoms with Crippen LogP contribution >= 0.6 is 0 Å². The molecule has 0 saturated carbocycles. The van der Waals surface area contributed by atoms with Crippen LogP contribution in [0.4, 0.5) is 0 Å². The Labute approximate surface area is 218 Å². The van der Waals surface area contributed by atoms with Crippen LogP contribution in [0.1, 0.15) is 21.5 Å². The highest BCUT2D eigenvalue weighted by Gasteiger charge is 2.23. The smallest absolute Gasteiger partial charge is 0.253 e. The second kappa shape index (κ2) is 12.5. The Morgan fingerprint density at radius 2 is 1.43 bits per heavy atom. The molecule has 3 aromatic carbocycles. The molecule has 0 fully saturated rings. The minimum atomic E-state index is -3.93. The van der Waals surface area contributed by atoms with Gasteiger partial charge in [0.25, 0.3) is 5.91 Å². The fraction of sp³-hybridized carbons (Fsp3) is 0.296. The van der Waals surface area contributed by atoms with Crippen molar-refractivity contribution in [2.75, 3.05) is 42.0 Å². The molecular weight excluding hydrogens is 496 g/mol. The molecule has 0 spiro atoms. The average Bonchev–Trinajstić information content (AvgIpc) is 2.92. The van der Waals surface area contributed by atoms with Crippen molar-refractivity contribution in [2.24, 2.45) is 0 Å². The molecule has 1 amide bonds. The van der Waals surface area contributed by atoms with Crippen molar-refractivity contribution in [3.63, 3.8) is 0 Å².